The Morgan fingerprint density at radius 3 is 2.65 bits per heavy atom. The molecular formula is C17H19N3. The van der Waals surface area contributed by atoms with Gasteiger partial charge in [-0.3, -0.25) is 0 Å². The highest BCUT2D eigenvalue weighted by Gasteiger charge is 2.08. The number of hydrogen-bond acceptors (Lipinski definition) is 2. The number of aryl methyl sites for hydroxylation is 1. The molecule has 1 unspecified atom stereocenters. The molecule has 0 amide bonds. The van der Waals surface area contributed by atoms with Crippen molar-refractivity contribution in [1.82, 2.24) is 9.55 Å². The molecule has 3 aromatic rings. The molecule has 0 aliphatic heterocycles. The number of hydrogen-bond donors (Lipinski definition) is 1. The van der Waals surface area contributed by atoms with E-state index in [9.17, 15) is 0 Å². The van der Waals surface area contributed by atoms with Crippen molar-refractivity contribution in [2.24, 2.45) is 5.73 Å². The van der Waals surface area contributed by atoms with Crippen molar-refractivity contribution in [3.8, 4) is 0 Å². The van der Waals surface area contributed by atoms with Gasteiger partial charge in [-0.15, -0.1) is 0 Å². The Morgan fingerprint density at radius 1 is 1.10 bits per heavy atom. The Morgan fingerprint density at radius 2 is 1.85 bits per heavy atom. The fourth-order valence-electron chi connectivity index (χ4n) is 2.50. The maximum atomic E-state index is 6.28. The molecule has 0 bridgehead atoms. The fourth-order valence-corrected chi connectivity index (χ4v) is 2.50. The van der Waals surface area contributed by atoms with Gasteiger partial charge in [0.25, 0.3) is 0 Å². The van der Waals surface area contributed by atoms with Gasteiger partial charge in [0, 0.05) is 12.6 Å². The number of nitrogens with two attached hydrogens (primary N) is 1. The van der Waals surface area contributed by atoms with Crippen LogP contribution < -0.4 is 5.73 Å². The maximum absolute atomic E-state index is 6.28. The zero-order chi connectivity index (χ0) is 13.9. The first-order valence-corrected chi connectivity index (χ1v) is 6.93. The van der Waals surface area contributed by atoms with Gasteiger partial charge in [0.2, 0.25) is 0 Å². The number of nitrogens with zero attached hydrogens (tertiary/aromatic N) is 2. The van der Waals surface area contributed by atoms with Crippen LogP contribution in [0.2, 0.25) is 0 Å². The second-order valence-corrected chi connectivity index (χ2v) is 5.34. The van der Waals surface area contributed by atoms with Crippen LogP contribution in [0.1, 0.15) is 11.1 Å². The van der Waals surface area contributed by atoms with E-state index in [0.717, 1.165) is 24.0 Å². The van der Waals surface area contributed by atoms with Crippen LogP contribution in [0, 0.1) is 6.92 Å². The number of rotatable bonds is 4. The highest BCUT2D eigenvalue weighted by atomic mass is 15.1. The Bertz CT molecular complexity index is 698. The van der Waals surface area contributed by atoms with Gasteiger partial charge in [0.05, 0.1) is 17.4 Å². The molecule has 3 heteroatoms. The predicted molar refractivity (Wildman–Crippen MR) is 82.6 cm³/mol. The topological polar surface area (TPSA) is 43.8 Å². The van der Waals surface area contributed by atoms with Crippen LogP contribution in [-0.4, -0.2) is 15.6 Å². The average molecular weight is 265 g/mol. The molecule has 0 saturated heterocycles. The second kappa shape index (κ2) is 5.47. The van der Waals surface area contributed by atoms with Crippen LogP contribution in [-0.2, 0) is 13.0 Å². The van der Waals surface area contributed by atoms with Gasteiger partial charge in [0.15, 0.2) is 0 Å². The van der Waals surface area contributed by atoms with E-state index in [1.807, 2.05) is 24.5 Å². The molecule has 102 valence electrons. The minimum Gasteiger partial charge on any atom is -0.329 e. The molecule has 0 aliphatic rings. The summed E-state index contributed by atoms with van der Waals surface area (Å²) in [6, 6.07) is 16.8. The summed E-state index contributed by atoms with van der Waals surface area (Å²) in [5, 5.41) is 0. The van der Waals surface area contributed by atoms with Crippen LogP contribution in [0.3, 0.4) is 0 Å². The fraction of sp³-hybridized carbons (Fsp3) is 0.235. The number of benzene rings is 2. The Hall–Kier alpha value is -2.13. The molecule has 1 aromatic heterocycles. The largest absolute Gasteiger partial charge is 0.329 e. The molecule has 0 aliphatic carbocycles. The van der Waals surface area contributed by atoms with E-state index < -0.39 is 0 Å². The van der Waals surface area contributed by atoms with E-state index in [2.05, 4.69) is 46.8 Å². The molecular weight excluding hydrogens is 246 g/mol. The van der Waals surface area contributed by atoms with Crippen molar-refractivity contribution in [1.29, 1.82) is 0 Å². The van der Waals surface area contributed by atoms with Gasteiger partial charge in [-0.05, 0) is 31.0 Å². The van der Waals surface area contributed by atoms with Crippen molar-refractivity contribution in [2.75, 3.05) is 0 Å². The summed E-state index contributed by atoms with van der Waals surface area (Å²) < 4.78 is 2.13. The maximum Gasteiger partial charge on any atom is 0.0958 e. The van der Waals surface area contributed by atoms with Gasteiger partial charge < -0.3 is 10.3 Å². The highest BCUT2D eigenvalue weighted by molar-refractivity contribution is 5.74. The van der Waals surface area contributed by atoms with Crippen LogP contribution in [0.25, 0.3) is 11.0 Å². The van der Waals surface area contributed by atoms with E-state index in [1.54, 1.807) is 0 Å². The number of fused-ring (bicyclic) bond motifs is 1. The van der Waals surface area contributed by atoms with Crippen LogP contribution in [0.15, 0.2) is 54.9 Å². The van der Waals surface area contributed by atoms with Gasteiger partial charge in [0.1, 0.15) is 0 Å². The van der Waals surface area contributed by atoms with Gasteiger partial charge in [-0.1, -0.05) is 42.0 Å². The predicted octanol–water partition coefficient (Wildman–Crippen LogP) is 2.91. The Balaban J connectivity index is 1.72. The normalized spacial score (nSPS) is 12.7. The molecule has 1 atom stereocenters. The van der Waals surface area contributed by atoms with E-state index in [0.29, 0.717) is 0 Å². The molecule has 0 fully saturated rings. The lowest BCUT2D eigenvalue weighted by Crippen LogP contribution is -2.28. The highest BCUT2D eigenvalue weighted by Crippen LogP contribution is 2.13. The molecule has 0 radical (unpaired) electrons. The molecule has 2 aromatic carbocycles. The third-order valence-corrected chi connectivity index (χ3v) is 3.58. The molecule has 0 saturated carbocycles. The zero-order valence-corrected chi connectivity index (χ0v) is 11.7. The van der Waals surface area contributed by atoms with Crippen LogP contribution >= 0.6 is 0 Å². The second-order valence-electron chi connectivity index (χ2n) is 5.34. The molecule has 3 rings (SSSR count). The minimum absolute atomic E-state index is 0.0929. The third kappa shape index (κ3) is 2.73. The molecule has 0 spiro atoms. The van der Waals surface area contributed by atoms with E-state index >= 15 is 0 Å². The van der Waals surface area contributed by atoms with Crippen molar-refractivity contribution in [3.63, 3.8) is 0 Å². The first kappa shape index (κ1) is 12.9. The summed E-state index contributed by atoms with van der Waals surface area (Å²) in [5.41, 5.74) is 11.0. The van der Waals surface area contributed by atoms with Crippen molar-refractivity contribution in [3.05, 3.63) is 66.0 Å². The van der Waals surface area contributed by atoms with Crippen LogP contribution in [0.4, 0.5) is 0 Å². The summed E-state index contributed by atoms with van der Waals surface area (Å²) >= 11 is 0. The Labute approximate surface area is 119 Å². The van der Waals surface area contributed by atoms with E-state index in [4.69, 9.17) is 5.73 Å². The Kier molecular flexibility index (Phi) is 3.52. The summed E-state index contributed by atoms with van der Waals surface area (Å²) in [6.07, 6.45) is 2.76. The number of aromatic nitrogens is 2. The average Bonchev–Trinajstić information content (AvgIpc) is 2.85. The summed E-state index contributed by atoms with van der Waals surface area (Å²) in [6.45, 7) is 2.88. The summed E-state index contributed by atoms with van der Waals surface area (Å²) in [5.74, 6) is 0. The van der Waals surface area contributed by atoms with E-state index in [1.165, 1.54) is 11.1 Å². The quantitative estimate of drug-likeness (QED) is 0.788. The van der Waals surface area contributed by atoms with Crippen LogP contribution in [0.5, 0.6) is 0 Å². The molecule has 2 N–H and O–H groups in total. The molecule has 20 heavy (non-hydrogen) atoms. The molecule has 3 nitrogen and oxygen atoms in total. The summed E-state index contributed by atoms with van der Waals surface area (Å²) in [4.78, 5) is 4.40. The molecule has 1 heterocycles. The smallest absolute Gasteiger partial charge is 0.0958 e. The first-order valence-electron chi connectivity index (χ1n) is 6.93. The first-order chi connectivity index (χ1) is 9.72. The standard InChI is InChI=1S/C17H19N3/c1-13-6-8-14(9-7-13)10-15(18)11-20-12-19-16-4-2-3-5-17(16)20/h2-9,12,15H,10-11,18H2,1H3. The SMILES string of the molecule is Cc1ccc(CC(N)Cn2cnc3ccccc32)cc1. The lowest BCUT2D eigenvalue weighted by molar-refractivity contribution is 0.559. The van der Waals surface area contributed by atoms with Crippen molar-refractivity contribution >= 4 is 11.0 Å². The van der Waals surface area contributed by atoms with Gasteiger partial charge in [-0.25, -0.2) is 4.98 Å². The van der Waals surface area contributed by atoms with E-state index in [-0.39, 0.29) is 6.04 Å². The van der Waals surface area contributed by atoms with Crippen molar-refractivity contribution < 1.29 is 0 Å². The minimum atomic E-state index is 0.0929. The number of imidazole rings is 1. The van der Waals surface area contributed by atoms with Gasteiger partial charge >= 0.3 is 0 Å². The third-order valence-electron chi connectivity index (χ3n) is 3.58. The number of para-hydroxylation sites is 2. The van der Waals surface area contributed by atoms with Gasteiger partial charge in [-0.2, -0.15) is 0 Å². The lowest BCUT2D eigenvalue weighted by atomic mass is 10.1. The lowest BCUT2D eigenvalue weighted by Gasteiger charge is -2.13. The summed E-state index contributed by atoms with van der Waals surface area (Å²) in [7, 11) is 0. The van der Waals surface area contributed by atoms with Crippen molar-refractivity contribution in [2.45, 2.75) is 25.9 Å². The monoisotopic (exact) mass is 265 g/mol. The zero-order valence-electron chi connectivity index (χ0n) is 11.7.